The van der Waals surface area contributed by atoms with E-state index in [4.69, 9.17) is 5.84 Å². The summed E-state index contributed by atoms with van der Waals surface area (Å²) in [7, 11) is 0. The van der Waals surface area contributed by atoms with Gasteiger partial charge in [-0.15, -0.1) is 0 Å². The molecule has 1 saturated carbocycles. The number of hydrazine groups is 1. The summed E-state index contributed by atoms with van der Waals surface area (Å²) in [5.41, 5.74) is 3.20. The van der Waals surface area contributed by atoms with Crippen LogP contribution in [0.25, 0.3) is 0 Å². The van der Waals surface area contributed by atoms with Crippen LogP contribution < -0.4 is 11.3 Å². The van der Waals surface area contributed by atoms with Crippen LogP contribution in [0.4, 0.5) is 0 Å². The van der Waals surface area contributed by atoms with Crippen LogP contribution in [0.5, 0.6) is 0 Å². The molecule has 0 unspecified atom stereocenters. The van der Waals surface area contributed by atoms with E-state index in [1.807, 2.05) is 0 Å². The van der Waals surface area contributed by atoms with E-state index in [2.05, 4.69) is 12.3 Å². The van der Waals surface area contributed by atoms with Crippen molar-refractivity contribution < 1.29 is 0 Å². The molecule has 3 N–H and O–H groups in total. The van der Waals surface area contributed by atoms with Gasteiger partial charge in [-0.05, 0) is 25.7 Å². The Bertz CT molecular complexity index is 63.1. The fraction of sp³-hybridized carbons (Fsp3) is 1.00. The van der Waals surface area contributed by atoms with Crippen molar-refractivity contribution in [1.82, 2.24) is 5.43 Å². The van der Waals surface area contributed by atoms with Crippen molar-refractivity contribution in [2.75, 3.05) is 0 Å². The Balaban J connectivity index is 2.33. The summed E-state index contributed by atoms with van der Waals surface area (Å²) in [6.07, 6.45) is 5.04. The minimum Gasteiger partial charge on any atom is -0.271 e. The number of nitrogens with two attached hydrogens (primary N) is 1. The second-order valence-corrected chi connectivity index (χ2v) is 2.63. The molecule has 0 aliphatic heterocycles. The van der Waals surface area contributed by atoms with Gasteiger partial charge >= 0.3 is 0 Å². The van der Waals surface area contributed by atoms with Crippen molar-refractivity contribution >= 4 is 0 Å². The van der Waals surface area contributed by atoms with Gasteiger partial charge in [-0.3, -0.25) is 11.3 Å². The molecule has 0 bridgehead atoms. The average Bonchev–Trinajstić information content (AvgIpc) is 1.67. The summed E-state index contributed by atoms with van der Waals surface area (Å²) >= 11 is 0. The van der Waals surface area contributed by atoms with Crippen molar-refractivity contribution in [1.29, 1.82) is 0 Å². The number of hydrogen-bond donors (Lipinski definition) is 2. The fourth-order valence-corrected chi connectivity index (χ4v) is 1.20. The predicted molar refractivity (Wildman–Crippen MR) is 34.2 cm³/mol. The first-order valence-corrected chi connectivity index (χ1v) is 3.31. The van der Waals surface area contributed by atoms with Crippen LogP contribution in [-0.4, -0.2) is 5.54 Å². The highest BCUT2D eigenvalue weighted by molar-refractivity contribution is 4.92. The largest absolute Gasteiger partial charge is 0.271 e. The topological polar surface area (TPSA) is 38.0 Å². The van der Waals surface area contributed by atoms with Gasteiger partial charge in [0, 0.05) is 5.54 Å². The lowest BCUT2D eigenvalue weighted by atomic mass is 9.75. The van der Waals surface area contributed by atoms with Gasteiger partial charge in [0.2, 0.25) is 0 Å². The Hall–Kier alpha value is -0.0800. The zero-order chi connectivity index (χ0) is 6.04. The summed E-state index contributed by atoms with van der Waals surface area (Å²) in [6.45, 7) is 2.18. The van der Waals surface area contributed by atoms with E-state index in [1.54, 1.807) is 0 Å². The van der Waals surface area contributed by atoms with Crippen LogP contribution >= 0.6 is 0 Å². The van der Waals surface area contributed by atoms with Gasteiger partial charge in [-0.1, -0.05) is 6.92 Å². The first-order chi connectivity index (χ1) is 3.83. The Morgan fingerprint density at radius 2 is 2.25 bits per heavy atom. The molecule has 0 radical (unpaired) electrons. The molecule has 0 aromatic rings. The highest BCUT2D eigenvalue weighted by Crippen LogP contribution is 2.33. The lowest BCUT2D eigenvalue weighted by Crippen LogP contribution is -2.53. The van der Waals surface area contributed by atoms with Crippen LogP contribution in [0.1, 0.15) is 32.6 Å². The molecule has 1 rings (SSSR count). The van der Waals surface area contributed by atoms with Crippen molar-refractivity contribution in [3.8, 4) is 0 Å². The minimum absolute atomic E-state index is 0.333. The molecule has 2 heteroatoms. The van der Waals surface area contributed by atoms with Crippen LogP contribution in [0, 0.1) is 0 Å². The number of hydrogen-bond acceptors (Lipinski definition) is 2. The maximum absolute atomic E-state index is 5.33. The van der Waals surface area contributed by atoms with Crippen LogP contribution in [0.2, 0.25) is 0 Å². The molecule has 0 aromatic carbocycles. The molecule has 1 aliphatic carbocycles. The fourth-order valence-electron chi connectivity index (χ4n) is 1.20. The Kier molecular flexibility index (Phi) is 1.54. The SMILES string of the molecule is CCC1(NN)CCC1. The van der Waals surface area contributed by atoms with Crippen LogP contribution in [0.15, 0.2) is 0 Å². The van der Waals surface area contributed by atoms with Crippen molar-refractivity contribution in [2.24, 2.45) is 5.84 Å². The van der Waals surface area contributed by atoms with Gasteiger partial charge in [-0.2, -0.15) is 0 Å². The lowest BCUT2D eigenvalue weighted by molar-refractivity contribution is 0.179. The molecule has 0 heterocycles. The van der Waals surface area contributed by atoms with Gasteiger partial charge < -0.3 is 0 Å². The lowest BCUT2D eigenvalue weighted by Gasteiger charge is -2.40. The molecule has 1 aliphatic rings. The second-order valence-electron chi connectivity index (χ2n) is 2.63. The Morgan fingerprint density at radius 1 is 1.62 bits per heavy atom. The summed E-state index contributed by atoms with van der Waals surface area (Å²) in [5.74, 6) is 5.33. The van der Waals surface area contributed by atoms with E-state index in [1.165, 1.54) is 25.7 Å². The van der Waals surface area contributed by atoms with Gasteiger partial charge in [-0.25, -0.2) is 0 Å². The zero-order valence-corrected chi connectivity index (χ0v) is 5.41. The smallest absolute Gasteiger partial charge is 0.0318 e. The van der Waals surface area contributed by atoms with Crippen molar-refractivity contribution in [3.63, 3.8) is 0 Å². The molecule has 8 heavy (non-hydrogen) atoms. The molecule has 48 valence electrons. The first kappa shape index (κ1) is 6.05. The molecule has 0 spiro atoms. The maximum atomic E-state index is 5.33. The standard InChI is InChI=1S/C6H14N2/c1-2-6(8-7)4-3-5-6/h8H,2-5,7H2,1H3. The maximum Gasteiger partial charge on any atom is 0.0318 e. The molecule has 0 saturated heterocycles. The van der Waals surface area contributed by atoms with E-state index in [0.717, 1.165) is 0 Å². The van der Waals surface area contributed by atoms with Crippen LogP contribution in [0.3, 0.4) is 0 Å². The predicted octanol–water partition coefficient (Wildman–Crippen LogP) is 0.782. The summed E-state index contributed by atoms with van der Waals surface area (Å²) in [6, 6.07) is 0. The van der Waals surface area contributed by atoms with Gasteiger partial charge in [0.1, 0.15) is 0 Å². The normalized spacial score (nSPS) is 24.8. The molecule has 2 nitrogen and oxygen atoms in total. The number of nitrogens with one attached hydrogen (secondary N) is 1. The van der Waals surface area contributed by atoms with E-state index >= 15 is 0 Å². The summed E-state index contributed by atoms with van der Waals surface area (Å²) < 4.78 is 0. The molecular weight excluding hydrogens is 100 g/mol. The first-order valence-electron chi connectivity index (χ1n) is 3.31. The molecular formula is C6H14N2. The molecule has 0 amide bonds. The van der Waals surface area contributed by atoms with E-state index in [-0.39, 0.29) is 0 Å². The molecule has 1 fully saturated rings. The average molecular weight is 114 g/mol. The van der Waals surface area contributed by atoms with E-state index in [9.17, 15) is 0 Å². The highest BCUT2D eigenvalue weighted by atomic mass is 15.3. The number of rotatable bonds is 2. The van der Waals surface area contributed by atoms with E-state index in [0.29, 0.717) is 5.54 Å². The van der Waals surface area contributed by atoms with Gasteiger partial charge in [0.25, 0.3) is 0 Å². The monoisotopic (exact) mass is 114 g/mol. The highest BCUT2D eigenvalue weighted by Gasteiger charge is 2.33. The third-order valence-corrected chi connectivity index (χ3v) is 2.29. The minimum atomic E-state index is 0.333. The Morgan fingerprint density at radius 3 is 2.25 bits per heavy atom. The quantitative estimate of drug-likeness (QED) is 0.411. The summed E-state index contributed by atoms with van der Waals surface area (Å²) in [5, 5.41) is 0. The second kappa shape index (κ2) is 2.03. The third kappa shape index (κ3) is 0.740. The molecule has 0 aromatic heterocycles. The van der Waals surface area contributed by atoms with Crippen molar-refractivity contribution in [3.05, 3.63) is 0 Å². The van der Waals surface area contributed by atoms with Crippen molar-refractivity contribution in [2.45, 2.75) is 38.1 Å². The van der Waals surface area contributed by atoms with E-state index < -0.39 is 0 Å². The van der Waals surface area contributed by atoms with Gasteiger partial charge in [0.15, 0.2) is 0 Å². The zero-order valence-electron chi connectivity index (χ0n) is 5.41. The Labute approximate surface area is 50.4 Å². The molecule has 0 atom stereocenters. The third-order valence-electron chi connectivity index (χ3n) is 2.29. The van der Waals surface area contributed by atoms with Gasteiger partial charge in [0.05, 0.1) is 0 Å². The van der Waals surface area contributed by atoms with Crippen LogP contribution in [-0.2, 0) is 0 Å². The summed E-state index contributed by atoms with van der Waals surface area (Å²) in [4.78, 5) is 0.